The highest BCUT2D eigenvalue weighted by Gasteiger charge is 2.29. The fraction of sp³-hybridized carbons (Fsp3) is 0.286. The lowest BCUT2D eigenvalue weighted by molar-refractivity contribution is 0.984. The summed E-state index contributed by atoms with van der Waals surface area (Å²) >= 11 is 5.22. The summed E-state index contributed by atoms with van der Waals surface area (Å²) in [6, 6.07) is 8.26. The van der Waals surface area contributed by atoms with Crippen LogP contribution in [-0.4, -0.2) is 16.2 Å². The lowest BCUT2D eigenvalue weighted by atomic mass is 10.2. The number of nitrogens with zero attached hydrogens (tertiary/aromatic N) is 2. The summed E-state index contributed by atoms with van der Waals surface area (Å²) in [5, 5.41) is 0. The summed E-state index contributed by atoms with van der Waals surface area (Å²) in [4.78, 5) is 10.3. The van der Waals surface area contributed by atoms with Crippen LogP contribution in [0.2, 0.25) is 0 Å². The van der Waals surface area contributed by atoms with Crippen molar-refractivity contribution in [2.24, 2.45) is 0 Å². The number of benzene rings is 1. The molecule has 19 heavy (non-hydrogen) atoms. The van der Waals surface area contributed by atoms with Crippen molar-refractivity contribution in [3.05, 3.63) is 34.4 Å². The molecule has 5 heteroatoms. The van der Waals surface area contributed by atoms with Crippen molar-refractivity contribution in [1.82, 2.24) is 9.97 Å². The summed E-state index contributed by atoms with van der Waals surface area (Å²) in [5.74, 6) is 1.79. The fourth-order valence-electron chi connectivity index (χ4n) is 1.98. The van der Waals surface area contributed by atoms with Crippen LogP contribution in [0.1, 0.15) is 24.5 Å². The number of nitrogens with two attached hydrogens (primary N) is 1. The molecule has 0 aliphatic heterocycles. The maximum atomic E-state index is 5.98. The third-order valence-corrected chi connectivity index (χ3v) is 4.77. The molecule has 3 rings (SSSR count). The highest BCUT2D eigenvalue weighted by atomic mass is 79.9. The van der Waals surface area contributed by atoms with E-state index in [2.05, 4.69) is 44.3 Å². The number of hydrogen-bond acceptors (Lipinski definition) is 4. The minimum Gasteiger partial charge on any atom is -0.383 e. The molecule has 0 amide bonds. The van der Waals surface area contributed by atoms with Crippen LogP contribution >= 0.6 is 27.7 Å². The molecule has 0 saturated heterocycles. The average Bonchev–Trinajstić information content (AvgIpc) is 3.26. The molecule has 2 N–H and O–H groups in total. The van der Waals surface area contributed by atoms with Crippen LogP contribution in [0.3, 0.4) is 0 Å². The van der Waals surface area contributed by atoms with Gasteiger partial charge in [-0.15, -0.1) is 11.8 Å². The van der Waals surface area contributed by atoms with E-state index in [0.29, 0.717) is 11.7 Å². The van der Waals surface area contributed by atoms with Crippen LogP contribution in [-0.2, 0) is 0 Å². The van der Waals surface area contributed by atoms with Gasteiger partial charge in [-0.1, -0.05) is 12.1 Å². The monoisotopic (exact) mass is 335 g/mol. The first-order chi connectivity index (χ1) is 9.19. The lowest BCUT2D eigenvalue weighted by Gasteiger charge is -2.08. The second-order valence-electron chi connectivity index (χ2n) is 4.63. The van der Waals surface area contributed by atoms with Gasteiger partial charge in [0.25, 0.3) is 0 Å². The Hall–Kier alpha value is -1.07. The maximum absolute atomic E-state index is 5.98. The summed E-state index contributed by atoms with van der Waals surface area (Å²) in [6.45, 7) is 0. The maximum Gasteiger partial charge on any atom is 0.161 e. The number of thioether (sulfide) groups is 1. The molecule has 0 bridgehead atoms. The van der Waals surface area contributed by atoms with E-state index in [1.165, 1.54) is 17.7 Å². The van der Waals surface area contributed by atoms with Gasteiger partial charge in [0.15, 0.2) is 5.82 Å². The van der Waals surface area contributed by atoms with Crippen LogP contribution in [0.5, 0.6) is 0 Å². The van der Waals surface area contributed by atoms with Crippen molar-refractivity contribution in [2.75, 3.05) is 12.0 Å². The highest BCUT2D eigenvalue weighted by Crippen LogP contribution is 2.43. The van der Waals surface area contributed by atoms with E-state index in [0.717, 1.165) is 21.6 Å². The van der Waals surface area contributed by atoms with E-state index in [-0.39, 0.29) is 0 Å². The van der Waals surface area contributed by atoms with Gasteiger partial charge in [0.05, 0.1) is 10.2 Å². The van der Waals surface area contributed by atoms with Crippen molar-refractivity contribution in [1.29, 1.82) is 0 Å². The van der Waals surface area contributed by atoms with Crippen LogP contribution < -0.4 is 5.73 Å². The first-order valence-electron chi connectivity index (χ1n) is 6.16. The number of rotatable bonds is 3. The third kappa shape index (κ3) is 2.62. The van der Waals surface area contributed by atoms with E-state index in [1.54, 1.807) is 11.8 Å². The highest BCUT2D eigenvalue weighted by molar-refractivity contribution is 9.10. The van der Waals surface area contributed by atoms with E-state index in [9.17, 15) is 0 Å². The second-order valence-corrected chi connectivity index (χ2v) is 6.31. The molecule has 1 heterocycles. The largest absolute Gasteiger partial charge is 0.383 e. The Morgan fingerprint density at radius 2 is 1.89 bits per heavy atom. The van der Waals surface area contributed by atoms with E-state index in [1.807, 2.05) is 12.1 Å². The second kappa shape index (κ2) is 5.13. The molecule has 1 aromatic heterocycles. The van der Waals surface area contributed by atoms with Gasteiger partial charge in [-0.2, -0.15) is 0 Å². The Bertz CT molecular complexity index is 609. The number of hydrogen-bond donors (Lipinski definition) is 1. The van der Waals surface area contributed by atoms with Crippen LogP contribution in [0.4, 0.5) is 5.82 Å². The van der Waals surface area contributed by atoms with Crippen LogP contribution in [0, 0.1) is 0 Å². The Balaban J connectivity index is 2.03. The summed E-state index contributed by atoms with van der Waals surface area (Å²) in [5.41, 5.74) is 8.04. The zero-order chi connectivity index (χ0) is 13.4. The number of aromatic nitrogens is 2. The van der Waals surface area contributed by atoms with Crippen molar-refractivity contribution < 1.29 is 0 Å². The Morgan fingerprint density at radius 1 is 1.21 bits per heavy atom. The molecule has 0 spiro atoms. The number of anilines is 1. The molecular weight excluding hydrogens is 322 g/mol. The van der Waals surface area contributed by atoms with Gasteiger partial charge >= 0.3 is 0 Å². The lowest BCUT2D eigenvalue weighted by Crippen LogP contribution is -2.02. The molecule has 1 aliphatic rings. The molecule has 2 aromatic rings. The predicted octanol–water partition coefficient (Wildman–Crippen LogP) is 4.09. The Labute approximate surface area is 125 Å². The quantitative estimate of drug-likeness (QED) is 0.858. The molecule has 1 saturated carbocycles. The van der Waals surface area contributed by atoms with E-state index >= 15 is 0 Å². The molecule has 1 fully saturated rings. The minimum absolute atomic E-state index is 0.529. The molecule has 98 valence electrons. The summed E-state index contributed by atoms with van der Waals surface area (Å²) in [6.07, 6.45) is 4.45. The molecule has 0 unspecified atom stereocenters. The van der Waals surface area contributed by atoms with Crippen molar-refractivity contribution in [3.8, 4) is 11.4 Å². The zero-order valence-corrected chi connectivity index (χ0v) is 13.0. The standard InChI is InChI=1S/C14H14BrN3S/c1-19-10-6-4-9(5-7-10)14-17-12(8-2-3-8)11(15)13(16)18-14/h4-8H,2-3H2,1H3,(H2,16,17,18). The van der Waals surface area contributed by atoms with Gasteiger partial charge in [0.2, 0.25) is 0 Å². The van der Waals surface area contributed by atoms with Crippen molar-refractivity contribution in [2.45, 2.75) is 23.7 Å². The summed E-state index contributed by atoms with van der Waals surface area (Å²) < 4.78 is 0.861. The normalized spacial score (nSPS) is 14.6. The Kier molecular flexibility index (Phi) is 3.50. The van der Waals surface area contributed by atoms with Crippen molar-refractivity contribution in [3.63, 3.8) is 0 Å². The molecule has 0 atom stereocenters. The van der Waals surface area contributed by atoms with Crippen LogP contribution in [0.15, 0.2) is 33.6 Å². The Morgan fingerprint density at radius 3 is 2.47 bits per heavy atom. The van der Waals surface area contributed by atoms with Gasteiger partial charge < -0.3 is 5.73 Å². The topological polar surface area (TPSA) is 51.8 Å². The molecule has 1 aliphatic carbocycles. The third-order valence-electron chi connectivity index (χ3n) is 3.21. The van der Waals surface area contributed by atoms with Gasteiger partial charge in [0, 0.05) is 16.4 Å². The van der Waals surface area contributed by atoms with Gasteiger partial charge in [-0.25, -0.2) is 9.97 Å². The first kappa shape index (κ1) is 12.9. The molecule has 0 radical (unpaired) electrons. The minimum atomic E-state index is 0.529. The molecule has 3 nitrogen and oxygen atoms in total. The van der Waals surface area contributed by atoms with Crippen LogP contribution in [0.25, 0.3) is 11.4 Å². The molecular formula is C14H14BrN3S. The summed E-state index contributed by atoms with van der Waals surface area (Å²) in [7, 11) is 0. The number of nitrogen functional groups attached to an aromatic ring is 1. The first-order valence-corrected chi connectivity index (χ1v) is 8.18. The van der Waals surface area contributed by atoms with Gasteiger partial charge in [-0.05, 0) is 47.2 Å². The zero-order valence-electron chi connectivity index (χ0n) is 10.6. The predicted molar refractivity (Wildman–Crippen MR) is 83.3 cm³/mol. The van der Waals surface area contributed by atoms with E-state index in [4.69, 9.17) is 5.73 Å². The fourth-order valence-corrected chi connectivity index (χ4v) is 2.89. The average molecular weight is 336 g/mol. The van der Waals surface area contributed by atoms with E-state index < -0.39 is 0 Å². The van der Waals surface area contributed by atoms with Gasteiger partial charge in [-0.3, -0.25) is 0 Å². The van der Waals surface area contributed by atoms with Crippen molar-refractivity contribution >= 4 is 33.5 Å². The molecule has 1 aromatic carbocycles. The smallest absolute Gasteiger partial charge is 0.161 e. The number of halogens is 1. The van der Waals surface area contributed by atoms with Gasteiger partial charge in [0.1, 0.15) is 5.82 Å². The SMILES string of the molecule is CSc1ccc(-c2nc(N)c(Br)c(C3CC3)n2)cc1.